The van der Waals surface area contributed by atoms with Crippen molar-refractivity contribution in [1.29, 1.82) is 0 Å². The van der Waals surface area contributed by atoms with Gasteiger partial charge >= 0.3 is 0 Å². The van der Waals surface area contributed by atoms with Gasteiger partial charge in [-0.25, -0.2) is 14.5 Å². The molecular weight excluding hydrogens is 431 g/mol. The fourth-order valence-electron chi connectivity index (χ4n) is 2.35. The van der Waals surface area contributed by atoms with E-state index in [0.717, 1.165) is 30.1 Å². The van der Waals surface area contributed by atoms with Crippen molar-refractivity contribution < 1.29 is 4.74 Å². The van der Waals surface area contributed by atoms with E-state index in [1.54, 1.807) is 24.0 Å². The number of hydrogen-bond acceptors (Lipinski definition) is 4. The van der Waals surface area contributed by atoms with E-state index in [2.05, 4.69) is 20.4 Å². The zero-order valence-corrected chi connectivity index (χ0v) is 16.3. The molecule has 0 fully saturated rings. The number of methoxy groups -OCH3 is 1. The van der Waals surface area contributed by atoms with Crippen LogP contribution >= 0.6 is 24.0 Å². The van der Waals surface area contributed by atoms with E-state index < -0.39 is 0 Å². The minimum absolute atomic E-state index is 0. The molecule has 0 unspecified atom stereocenters. The van der Waals surface area contributed by atoms with Gasteiger partial charge in [0.2, 0.25) is 0 Å². The number of benzene rings is 1. The third-order valence-corrected chi connectivity index (χ3v) is 3.66. The van der Waals surface area contributed by atoms with Crippen LogP contribution in [0.4, 0.5) is 0 Å². The summed E-state index contributed by atoms with van der Waals surface area (Å²) >= 11 is 0. The SMILES string of the molecule is COc1ccc(CCNC(N)=NCc2ccnc3ccnn23)cc1.I. The molecule has 3 N–H and O–H groups in total. The second-order valence-electron chi connectivity index (χ2n) is 5.26. The van der Waals surface area contributed by atoms with E-state index in [1.807, 2.05) is 36.4 Å². The van der Waals surface area contributed by atoms with E-state index in [0.29, 0.717) is 12.5 Å². The van der Waals surface area contributed by atoms with Gasteiger partial charge in [-0.1, -0.05) is 12.1 Å². The van der Waals surface area contributed by atoms with Crippen molar-refractivity contribution in [2.75, 3.05) is 13.7 Å². The first-order valence-electron chi connectivity index (χ1n) is 7.70. The summed E-state index contributed by atoms with van der Waals surface area (Å²) in [4.78, 5) is 8.58. The minimum atomic E-state index is 0. The van der Waals surface area contributed by atoms with Gasteiger partial charge < -0.3 is 15.8 Å². The summed E-state index contributed by atoms with van der Waals surface area (Å²) in [7, 11) is 1.66. The third-order valence-electron chi connectivity index (χ3n) is 3.66. The fourth-order valence-corrected chi connectivity index (χ4v) is 2.35. The lowest BCUT2D eigenvalue weighted by Gasteiger charge is -2.07. The van der Waals surface area contributed by atoms with Crippen LogP contribution in [0.2, 0.25) is 0 Å². The van der Waals surface area contributed by atoms with Crippen LogP contribution in [-0.2, 0) is 13.0 Å². The summed E-state index contributed by atoms with van der Waals surface area (Å²) in [6, 6.07) is 11.7. The Kier molecular flexibility index (Phi) is 6.99. The molecule has 132 valence electrons. The molecule has 2 heterocycles. The highest BCUT2D eigenvalue weighted by molar-refractivity contribution is 14.0. The molecule has 1 aromatic carbocycles. The molecular formula is C17H21IN6O. The Morgan fingerprint density at radius 2 is 2.00 bits per heavy atom. The average molecular weight is 452 g/mol. The van der Waals surface area contributed by atoms with Crippen molar-refractivity contribution >= 4 is 35.6 Å². The van der Waals surface area contributed by atoms with Crippen LogP contribution < -0.4 is 15.8 Å². The summed E-state index contributed by atoms with van der Waals surface area (Å²) < 4.78 is 6.90. The van der Waals surface area contributed by atoms with E-state index in [1.165, 1.54) is 5.56 Å². The standard InChI is InChI=1S/C17H20N6O.HI/c1-24-15-4-2-13(3-5-15)6-9-20-17(18)21-12-14-7-10-19-16-8-11-22-23(14)16;/h2-5,7-8,10-11H,6,9,12H2,1H3,(H3,18,20,21);1H. The Hall–Kier alpha value is -2.36. The maximum absolute atomic E-state index is 5.92. The lowest BCUT2D eigenvalue weighted by Crippen LogP contribution is -2.33. The van der Waals surface area contributed by atoms with Gasteiger partial charge in [0.05, 0.1) is 25.5 Å². The highest BCUT2D eigenvalue weighted by Crippen LogP contribution is 2.11. The van der Waals surface area contributed by atoms with Crippen LogP contribution in [0.15, 0.2) is 53.8 Å². The summed E-state index contributed by atoms with van der Waals surface area (Å²) in [5, 5.41) is 7.35. The molecule has 7 nitrogen and oxygen atoms in total. The van der Waals surface area contributed by atoms with Crippen molar-refractivity contribution in [3.8, 4) is 5.75 Å². The second-order valence-corrected chi connectivity index (χ2v) is 5.26. The lowest BCUT2D eigenvalue weighted by molar-refractivity contribution is 0.414. The van der Waals surface area contributed by atoms with Crippen molar-refractivity contribution in [1.82, 2.24) is 19.9 Å². The van der Waals surface area contributed by atoms with Gasteiger partial charge in [0.1, 0.15) is 5.75 Å². The Balaban J connectivity index is 0.00000225. The molecule has 0 spiro atoms. The van der Waals surface area contributed by atoms with Gasteiger partial charge in [0.15, 0.2) is 11.6 Å². The molecule has 3 rings (SSSR count). The lowest BCUT2D eigenvalue weighted by atomic mass is 10.1. The summed E-state index contributed by atoms with van der Waals surface area (Å²) in [5.41, 5.74) is 8.87. The van der Waals surface area contributed by atoms with Gasteiger partial charge in [0.25, 0.3) is 0 Å². The van der Waals surface area contributed by atoms with Crippen LogP contribution in [0.1, 0.15) is 11.3 Å². The molecule has 0 saturated heterocycles. The smallest absolute Gasteiger partial charge is 0.188 e. The van der Waals surface area contributed by atoms with E-state index in [9.17, 15) is 0 Å². The Labute approximate surface area is 163 Å². The molecule has 0 radical (unpaired) electrons. The molecule has 0 aliphatic carbocycles. The Morgan fingerprint density at radius 3 is 2.76 bits per heavy atom. The molecule has 0 amide bonds. The number of nitrogens with two attached hydrogens (primary N) is 1. The van der Waals surface area contributed by atoms with Crippen molar-refractivity contribution in [3.63, 3.8) is 0 Å². The second kappa shape index (κ2) is 9.21. The number of ether oxygens (including phenoxy) is 1. The first-order valence-corrected chi connectivity index (χ1v) is 7.70. The predicted molar refractivity (Wildman–Crippen MR) is 108 cm³/mol. The number of aliphatic imine (C=N–C) groups is 1. The third kappa shape index (κ3) is 5.05. The number of guanidine groups is 1. The van der Waals surface area contributed by atoms with Crippen LogP contribution in [0, 0.1) is 0 Å². The zero-order chi connectivity index (χ0) is 16.8. The largest absolute Gasteiger partial charge is 0.497 e. The van der Waals surface area contributed by atoms with Gasteiger partial charge in [-0.3, -0.25) is 0 Å². The molecule has 8 heteroatoms. The van der Waals surface area contributed by atoms with Crippen LogP contribution in [0.3, 0.4) is 0 Å². The van der Waals surface area contributed by atoms with Gasteiger partial charge in [0, 0.05) is 18.8 Å². The molecule has 0 aliphatic rings. The number of aromatic nitrogens is 3. The normalized spacial score (nSPS) is 11.2. The van der Waals surface area contributed by atoms with Crippen LogP contribution in [-0.4, -0.2) is 34.2 Å². The number of halogens is 1. The summed E-state index contributed by atoms with van der Waals surface area (Å²) in [6.45, 7) is 1.16. The fraction of sp³-hybridized carbons (Fsp3) is 0.235. The first kappa shape index (κ1) is 19.0. The van der Waals surface area contributed by atoms with Crippen molar-refractivity contribution in [2.45, 2.75) is 13.0 Å². The molecule has 25 heavy (non-hydrogen) atoms. The quantitative estimate of drug-likeness (QED) is 0.339. The summed E-state index contributed by atoms with van der Waals surface area (Å²) in [5.74, 6) is 1.27. The maximum Gasteiger partial charge on any atom is 0.188 e. The first-order chi connectivity index (χ1) is 11.8. The summed E-state index contributed by atoms with van der Waals surface area (Å²) in [6.07, 6.45) is 4.32. The van der Waals surface area contributed by atoms with E-state index >= 15 is 0 Å². The average Bonchev–Trinajstić information content (AvgIpc) is 3.10. The number of nitrogens with zero attached hydrogens (tertiary/aromatic N) is 4. The van der Waals surface area contributed by atoms with E-state index in [-0.39, 0.29) is 24.0 Å². The predicted octanol–water partition coefficient (Wildman–Crippen LogP) is 2.00. The molecule has 0 atom stereocenters. The Morgan fingerprint density at radius 1 is 1.20 bits per heavy atom. The number of hydrogen-bond donors (Lipinski definition) is 2. The molecule has 2 aromatic heterocycles. The number of rotatable bonds is 6. The van der Waals surface area contributed by atoms with Crippen molar-refractivity contribution in [3.05, 3.63) is 60.0 Å². The highest BCUT2D eigenvalue weighted by Gasteiger charge is 2.01. The number of fused-ring (bicyclic) bond motifs is 1. The molecule has 0 saturated carbocycles. The topological polar surface area (TPSA) is 89.8 Å². The number of nitrogens with one attached hydrogen (secondary N) is 1. The highest BCUT2D eigenvalue weighted by atomic mass is 127. The molecule has 3 aromatic rings. The van der Waals surface area contributed by atoms with Crippen LogP contribution in [0.25, 0.3) is 5.65 Å². The molecule has 0 bridgehead atoms. The van der Waals surface area contributed by atoms with Gasteiger partial charge in [-0.15, -0.1) is 24.0 Å². The monoisotopic (exact) mass is 452 g/mol. The Bertz CT molecular complexity index is 831. The maximum atomic E-state index is 5.92. The van der Waals surface area contributed by atoms with Crippen LogP contribution in [0.5, 0.6) is 5.75 Å². The zero-order valence-electron chi connectivity index (χ0n) is 13.9. The van der Waals surface area contributed by atoms with E-state index in [4.69, 9.17) is 10.5 Å². The van der Waals surface area contributed by atoms with Gasteiger partial charge in [-0.05, 0) is 30.2 Å². The molecule has 0 aliphatic heterocycles. The van der Waals surface area contributed by atoms with Crippen molar-refractivity contribution in [2.24, 2.45) is 10.7 Å². The van der Waals surface area contributed by atoms with Gasteiger partial charge in [-0.2, -0.15) is 5.10 Å². The minimum Gasteiger partial charge on any atom is -0.497 e.